The van der Waals surface area contributed by atoms with Gasteiger partial charge in [-0.15, -0.1) is 0 Å². The van der Waals surface area contributed by atoms with Gasteiger partial charge < -0.3 is 4.57 Å². The third-order valence-electron chi connectivity index (χ3n) is 3.41. The molecule has 0 spiro atoms. The van der Waals surface area contributed by atoms with Crippen molar-refractivity contribution in [2.45, 2.75) is 20.0 Å². The molecule has 0 aliphatic carbocycles. The highest BCUT2D eigenvalue weighted by molar-refractivity contribution is 5.69. The van der Waals surface area contributed by atoms with Crippen molar-refractivity contribution in [2.75, 3.05) is 0 Å². The Hall–Kier alpha value is -2.77. The van der Waals surface area contributed by atoms with Crippen molar-refractivity contribution in [3.8, 4) is 0 Å². The van der Waals surface area contributed by atoms with Gasteiger partial charge in [-0.1, -0.05) is 6.07 Å². The third-order valence-corrected chi connectivity index (χ3v) is 3.41. The second-order valence-electron chi connectivity index (χ2n) is 4.80. The van der Waals surface area contributed by atoms with E-state index in [-0.39, 0.29) is 24.3 Å². The summed E-state index contributed by atoms with van der Waals surface area (Å²) in [6, 6.07) is 3.51. The Kier molecular flexibility index (Phi) is 3.36. The van der Waals surface area contributed by atoms with Crippen molar-refractivity contribution < 1.29 is 8.78 Å². The maximum atomic E-state index is 13.2. The van der Waals surface area contributed by atoms with Crippen molar-refractivity contribution >= 4 is 11.2 Å². The van der Waals surface area contributed by atoms with Gasteiger partial charge in [0.1, 0.15) is 5.65 Å². The summed E-state index contributed by atoms with van der Waals surface area (Å²) >= 11 is 0. The number of aromatic nitrogens is 4. The van der Waals surface area contributed by atoms with E-state index in [4.69, 9.17) is 0 Å². The van der Waals surface area contributed by atoms with Gasteiger partial charge in [0, 0.05) is 6.54 Å². The van der Waals surface area contributed by atoms with Gasteiger partial charge in [-0.05, 0) is 24.6 Å². The van der Waals surface area contributed by atoms with Gasteiger partial charge in [-0.3, -0.25) is 14.3 Å². The molecule has 0 atom stereocenters. The standard InChI is InChI=1S/C14H12F2N4O2/c1-2-20-13(21)11-12(18-14(20)22)19(7-17-11)6-8-3-4-9(15)10(16)5-8/h3-5,7H,2,6H2,1H3,(H,18,22). The summed E-state index contributed by atoms with van der Waals surface area (Å²) in [4.78, 5) is 30.5. The number of hydrogen-bond donors (Lipinski definition) is 1. The van der Waals surface area contributed by atoms with E-state index in [9.17, 15) is 18.4 Å². The van der Waals surface area contributed by atoms with Crippen LogP contribution in [0, 0.1) is 11.6 Å². The Labute approximate surface area is 122 Å². The van der Waals surface area contributed by atoms with Crippen LogP contribution in [-0.2, 0) is 13.1 Å². The minimum atomic E-state index is -0.955. The number of halogens is 2. The van der Waals surface area contributed by atoms with E-state index >= 15 is 0 Å². The number of benzene rings is 1. The molecule has 6 nitrogen and oxygen atoms in total. The number of imidazole rings is 1. The van der Waals surface area contributed by atoms with Crippen LogP contribution in [0.3, 0.4) is 0 Å². The molecule has 22 heavy (non-hydrogen) atoms. The van der Waals surface area contributed by atoms with E-state index in [0.29, 0.717) is 5.56 Å². The number of rotatable bonds is 3. The van der Waals surface area contributed by atoms with Crippen LogP contribution in [0.1, 0.15) is 12.5 Å². The van der Waals surface area contributed by atoms with E-state index in [1.807, 2.05) is 0 Å². The van der Waals surface area contributed by atoms with Crippen molar-refractivity contribution in [3.05, 3.63) is 62.6 Å². The maximum absolute atomic E-state index is 13.2. The molecule has 114 valence electrons. The van der Waals surface area contributed by atoms with Gasteiger partial charge in [-0.25, -0.2) is 18.6 Å². The minimum absolute atomic E-state index is 0.129. The number of hydrogen-bond acceptors (Lipinski definition) is 3. The van der Waals surface area contributed by atoms with Gasteiger partial charge in [0.05, 0.1) is 12.9 Å². The molecule has 2 aromatic heterocycles. The first-order chi connectivity index (χ1) is 10.5. The Balaban J connectivity index is 2.10. The fraction of sp³-hybridized carbons (Fsp3) is 0.214. The van der Waals surface area contributed by atoms with Crippen LogP contribution >= 0.6 is 0 Å². The molecular weight excluding hydrogens is 294 g/mol. The molecule has 0 aliphatic rings. The summed E-state index contributed by atoms with van der Waals surface area (Å²) in [5.74, 6) is -1.89. The van der Waals surface area contributed by atoms with Gasteiger partial charge in [0.2, 0.25) is 0 Å². The second kappa shape index (κ2) is 5.21. The lowest BCUT2D eigenvalue weighted by molar-refractivity contribution is 0.506. The highest BCUT2D eigenvalue weighted by Crippen LogP contribution is 2.12. The van der Waals surface area contributed by atoms with Crippen molar-refractivity contribution in [1.82, 2.24) is 19.1 Å². The van der Waals surface area contributed by atoms with Crippen LogP contribution in [0.2, 0.25) is 0 Å². The predicted octanol–water partition coefficient (Wildman–Crippen LogP) is 1.23. The molecule has 0 saturated heterocycles. The molecule has 0 fully saturated rings. The first-order valence-electron chi connectivity index (χ1n) is 6.63. The summed E-state index contributed by atoms with van der Waals surface area (Å²) < 4.78 is 28.7. The molecule has 3 rings (SSSR count). The first-order valence-corrected chi connectivity index (χ1v) is 6.63. The SMILES string of the molecule is CCn1c(=O)[nH]c2c(ncn2Cc2ccc(F)c(F)c2)c1=O. The lowest BCUT2D eigenvalue weighted by atomic mass is 10.2. The van der Waals surface area contributed by atoms with Gasteiger partial charge in [0.25, 0.3) is 5.56 Å². The van der Waals surface area contributed by atoms with Crippen LogP contribution in [0.25, 0.3) is 11.2 Å². The number of H-pyrrole nitrogens is 1. The largest absolute Gasteiger partial charge is 0.330 e. The van der Waals surface area contributed by atoms with Crippen LogP contribution in [0.4, 0.5) is 8.78 Å². The lowest BCUT2D eigenvalue weighted by Crippen LogP contribution is -2.34. The zero-order valence-electron chi connectivity index (χ0n) is 11.6. The molecule has 8 heteroatoms. The topological polar surface area (TPSA) is 72.7 Å². The summed E-state index contributed by atoms with van der Waals surface area (Å²) in [6.07, 6.45) is 1.38. The van der Waals surface area contributed by atoms with Crippen molar-refractivity contribution in [3.63, 3.8) is 0 Å². The van der Waals surface area contributed by atoms with Crippen LogP contribution in [0.5, 0.6) is 0 Å². The highest BCUT2D eigenvalue weighted by Gasteiger charge is 2.12. The fourth-order valence-electron chi connectivity index (χ4n) is 2.30. The first kappa shape index (κ1) is 14.2. The van der Waals surface area contributed by atoms with Crippen molar-refractivity contribution in [2.24, 2.45) is 0 Å². The molecular formula is C14H12F2N4O2. The summed E-state index contributed by atoms with van der Waals surface area (Å²) in [5, 5.41) is 0. The normalized spacial score (nSPS) is 11.2. The van der Waals surface area contributed by atoms with Gasteiger partial charge >= 0.3 is 5.69 Å². The summed E-state index contributed by atoms with van der Waals surface area (Å²) in [7, 11) is 0. The Morgan fingerprint density at radius 1 is 1.23 bits per heavy atom. The maximum Gasteiger partial charge on any atom is 0.330 e. The monoisotopic (exact) mass is 306 g/mol. The smallest absolute Gasteiger partial charge is 0.312 e. The van der Waals surface area contributed by atoms with Crippen LogP contribution < -0.4 is 11.2 Å². The molecule has 0 aliphatic heterocycles. The van der Waals surface area contributed by atoms with E-state index < -0.39 is 22.9 Å². The van der Waals surface area contributed by atoms with Crippen LogP contribution in [0.15, 0.2) is 34.1 Å². The highest BCUT2D eigenvalue weighted by atomic mass is 19.2. The Morgan fingerprint density at radius 3 is 2.68 bits per heavy atom. The molecule has 0 bridgehead atoms. The lowest BCUT2D eigenvalue weighted by Gasteiger charge is -2.06. The summed E-state index contributed by atoms with van der Waals surface area (Å²) in [5.41, 5.74) is -0.149. The zero-order valence-corrected chi connectivity index (χ0v) is 11.6. The zero-order chi connectivity index (χ0) is 15.9. The number of fused-ring (bicyclic) bond motifs is 1. The van der Waals surface area contributed by atoms with E-state index in [1.54, 1.807) is 6.92 Å². The number of nitrogens with zero attached hydrogens (tertiary/aromatic N) is 3. The molecule has 2 heterocycles. The summed E-state index contributed by atoms with van der Waals surface area (Å²) in [6.45, 7) is 2.07. The van der Waals surface area contributed by atoms with Gasteiger partial charge in [-0.2, -0.15) is 0 Å². The van der Waals surface area contributed by atoms with Crippen molar-refractivity contribution in [1.29, 1.82) is 0 Å². The molecule has 0 radical (unpaired) electrons. The Bertz CT molecular complexity index is 971. The minimum Gasteiger partial charge on any atom is -0.312 e. The predicted molar refractivity (Wildman–Crippen MR) is 75.7 cm³/mol. The molecule has 0 saturated carbocycles. The number of nitrogens with one attached hydrogen (secondary N) is 1. The Morgan fingerprint density at radius 2 is 2.00 bits per heavy atom. The average Bonchev–Trinajstić information content (AvgIpc) is 2.86. The van der Waals surface area contributed by atoms with E-state index in [1.165, 1.54) is 17.0 Å². The molecule has 1 N–H and O–H groups in total. The fourth-order valence-corrected chi connectivity index (χ4v) is 2.30. The van der Waals surface area contributed by atoms with Crippen LogP contribution in [-0.4, -0.2) is 19.1 Å². The average molecular weight is 306 g/mol. The number of aromatic amines is 1. The van der Waals surface area contributed by atoms with E-state index in [0.717, 1.165) is 16.7 Å². The molecule has 1 aromatic carbocycles. The quantitative estimate of drug-likeness (QED) is 0.791. The molecule has 0 amide bonds. The van der Waals surface area contributed by atoms with E-state index in [2.05, 4.69) is 9.97 Å². The molecule has 3 aromatic rings. The third kappa shape index (κ3) is 2.22. The second-order valence-corrected chi connectivity index (χ2v) is 4.80. The van der Waals surface area contributed by atoms with Gasteiger partial charge in [0.15, 0.2) is 17.2 Å². The molecule has 0 unspecified atom stereocenters.